The van der Waals surface area contributed by atoms with Gasteiger partial charge in [-0.15, -0.1) is 6.58 Å². The van der Waals surface area contributed by atoms with Gasteiger partial charge in [0.15, 0.2) is 12.2 Å². The molecule has 4 N–H and O–H groups in total. The van der Waals surface area contributed by atoms with E-state index in [2.05, 4.69) is 21.6 Å². The van der Waals surface area contributed by atoms with E-state index in [-0.39, 0.29) is 31.5 Å². The SMILES string of the molecule is C=CC.CCOC(=O)CC(NS(=O)c1cccc(-c2cccc(NC(N)=NCC(OCC)OCC)c2)c1)c1ccccc1. The van der Waals surface area contributed by atoms with Gasteiger partial charge in [-0.3, -0.25) is 4.79 Å². The molecule has 0 aromatic heterocycles. The zero-order chi connectivity index (χ0) is 31.5. The summed E-state index contributed by atoms with van der Waals surface area (Å²) in [6.07, 6.45) is 1.37. The third-order valence-corrected chi connectivity index (χ3v) is 6.94. The van der Waals surface area contributed by atoms with Crippen LogP contribution >= 0.6 is 0 Å². The Morgan fingerprint density at radius 1 is 0.953 bits per heavy atom. The molecule has 2 atom stereocenters. The summed E-state index contributed by atoms with van der Waals surface area (Å²) in [6, 6.07) is 24.1. The number of nitrogens with zero attached hydrogens (tertiary/aromatic N) is 1. The van der Waals surface area contributed by atoms with Crippen LogP contribution in [0.5, 0.6) is 0 Å². The highest BCUT2D eigenvalue weighted by atomic mass is 32.2. The first kappa shape index (κ1) is 35.4. The highest BCUT2D eigenvalue weighted by Gasteiger charge is 2.20. The molecular weight excluding hydrogens is 564 g/mol. The van der Waals surface area contributed by atoms with E-state index in [9.17, 15) is 9.00 Å². The second kappa shape index (κ2) is 20.1. The molecule has 0 aliphatic heterocycles. The molecule has 0 bridgehead atoms. The van der Waals surface area contributed by atoms with Gasteiger partial charge in [-0.25, -0.2) is 13.9 Å². The fourth-order valence-corrected chi connectivity index (χ4v) is 5.00. The molecule has 0 saturated heterocycles. The van der Waals surface area contributed by atoms with Crippen molar-refractivity contribution in [1.29, 1.82) is 0 Å². The fourth-order valence-electron chi connectivity index (χ4n) is 3.95. The minimum absolute atomic E-state index is 0.0653. The van der Waals surface area contributed by atoms with Crippen LogP contribution in [0.25, 0.3) is 11.1 Å². The number of anilines is 1. The number of benzene rings is 3. The summed E-state index contributed by atoms with van der Waals surface area (Å²) in [5, 5.41) is 3.10. The van der Waals surface area contributed by atoms with Crippen molar-refractivity contribution in [3.8, 4) is 11.1 Å². The van der Waals surface area contributed by atoms with Crippen LogP contribution in [0.4, 0.5) is 5.69 Å². The molecule has 3 rings (SSSR count). The van der Waals surface area contributed by atoms with Gasteiger partial charge in [0.1, 0.15) is 11.0 Å². The molecule has 232 valence electrons. The molecule has 43 heavy (non-hydrogen) atoms. The van der Waals surface area contributed by atoms with Crippen molar-refractivity contribution in [3.63, 3.8) is 0 Å². The minimum atomic E-state index is -1.58. The number of allylic oxidation sites excluding steroid dienone is 1. The van der Waals surface area contributed by atoms with Gasteiger partial charge in [0, 0.05) is 18.9 Å². The van der Waals surface area contributed by atoms with Gasteiger partial charge in [0.2, 0.25) is 0 Å². The lowest BCUT2D eigenvalue weighted by atomic mass is 10.1. The first-order valence-corrected chi connectivity index (χ1v) is 15.5. The Morgan fingerprint density at radius 3 is 2.21 bits per heavy atom. The lowest BCUT2D eigenvalue weighted by Gasteiger charge is -2.18. The normalized spacial score (nSPS) is 12.5. The summed E-state index contributed by atoms with van der Waals surface area (Å²) >= 11 is 0. The maximum Gasteiger partial charge on any atom is 0.307 e. The summed E-state index contributed by atoms with van der Waals surface area (Å²) in [6.45, 7) is 12.4. The van der Waals surface area contributed by atoms with Crippen LogP contribution in [0.15, 0.2) is 101 Å². The van der Waals surface area contributed by atoms with Crippen molar-refractivity contribution >= 4 is 28.6 Å². The number of carbonyl (C=O) groups is 1. The van der Waals surface area contributed by atoms with Crippen molar-refractivity contribution in [1.82, 2.24) is 4.72 Å². The van der Waals surface area contributed by atoms with Crippen LogP contribution in [0.2, 0.25) is 0 Å². The van der Waals surface area contributed by atoms with E-state index in [0.29, 0.717) is 18.1 Å². The van der Waals surface area contributed by atoms with E-state index in [1.54, 1.807) is 19.1 Å². The number of ether oxygens (including phenoxy) is 3. The molecule has 0 aliphatic rings. The zero-order valence-corrected chi connectivity index (χ0v) is 26.3. The monoisotopic (exact) mass is 608 g/mol. The van der Waals surface area contributed by atoms with Crippen molar-refractivity contribution in [3.05, 3.63) is 97.1 Å². The molecule has 0 fully saturated rings. The Labute approximate surface area is 258 Å². The first-order valence-electron chi connectivity index (χ1n) is 14.3. The molecule has 3 aromatic carbocycles. The maximum absolute atomic E-state index is 13.4. The average molecular weight is 609 g/mol. The number of guanidine groups is 1. The van der Waals surface area contributed by atoms with Gasteiger partial charge in [0.05, 0.1) is 30.5 Å². The third kappa shape index (κ3) is 12.9. The first-order chi connectivity index (χ1) is 20.8. The molecule has 9 nitrogen and oxygen atoms in total. The fraction of sp³-hybridized carbons (Fsp3) is 0.333. The molecule has 0 spiro atoms. The van der Waals surface area contributed by atoms with E-state index >= 15 is 0 Å². The lowest BCUT2D eigenvalue weighted by Crippen LogP contribution is -2.27. The van der Waals surface area contributed by atoms with Gasteiger partial charge in [-0.2, -0.15) is 0 Å². The van der Waals surface area contributed by atoms with Crippen molar-refractivity contribution < 1.29 is 23.2 Å². The Bertz CT molecular complexity index is 1310. The Morgan fingerprint density at radius 2 is 1.58 bits per heavy atom. The number of carbonyl (C=O) groups excluding carboxylic acids is 1. The van der Waals surface area contributed by atoms with Gasteiger partial charge in [-0.1, -0.05) is 60.7 Å². The van der Waals surface area contributed by atoms with E-state index in [0.717, 1.165) is 22.4 Å². The molecule has 0 amide bonds. The van der Waals surface area contributed by atoms with Crippen molar-refractivity contribution in [2.75, 3.05) is 31.7 Å². The van der Waals surface area contributed by atoms with Crippen LogP contribution in [-0.4, -0.2) is 48.8 Å². The van der Waals surface area contributed by atoms with E-state index in [1.165, 1.54) is 0 Å². The number of aliphatic imine (C=N–C) groups is 1. The zero-order valence-electron chi connectivity index (χ0n) is 25.5. The van der Waals surface area contributed by atoms with Gasteiger partial charge < -0.3 is 25.3 Å². The van der Waals surface area contributed by atoms with E-state index in [1.807, 2.05) is 93.6 Å². The molecule has 3 aromatic rings. The summed E-state index contributed by atoms with van der Waals surface area (Å²) in [7, 11) is -1.58. The number of nitrogens with two attached hydrogens (primary N) is 1. The second-order valence-corrected chi connectivity index (χ2v) is 10.3. The number of nitrogens with one attached hydrogen (secondary N) is 2. The number of hydrogen-bond acceptors (Lipinski definition) is 6. The predicted octanol–water partition coefficient (Wildman–Crippen LogP) is 5.98. The summed E-state index contributed by atoms with van der Waals surface area (Å²) in [5.74, 6) is -0.109. The number of rotatable bonds is 15. The van der Waals surface area contributed by atoms with Crippen molar-refractivity contribution in [2.24, 2.45) is 10.7 Å². The average Bonchev–Trinajstić information content (AvgIpc) is 3.01. The lowest BCUT2D eigenvalue weighted by molar-refractivity contribution is -0.143. The quantitative estimate of drug-likeness (QED) is 0.0638. The highest BCUT2D eigenvalue weighted by molar-refractivity contribution is 7.83. The molecule has 0 aliphatic carbocycles. The molecule has 0 heterocycles. The van der Waals surface area contributed by atoms with Gasteiger partial charge in [0.25, 0.3) is 0 Å². The Hall–Kier alpha value is -3.83. The summed E-state index contributed by atoms with van der Waals surface area (Å²) in [5.41, 5.74) is 9.49. The Balaban J connectivity index is 0.00000206. The third-order valence-electron chi connectivity index (χ3n) is 5.76. The topological polar surface area (TPSA) is 124 Å². The molecule has 2 unspecified atom stereocenters. The van der Waals surface area contributed by atoms with Gasteiger partial charge >= 0.3 is 5.97 Å². The van der Waals surface area contributed by atoms with Crippen LogP contribution < -0.4 is 15.8 Å². The van der Waals surface area contributed by atoms with E-state index in [4.69, 9.17) is 19.9 Å². The molecule has 0 saturated carbocycles. The largest absolute Gasteiger partial charge is 0.466 e. The second-order valence-electron chi connectivity index (χ2n) is 9.07. The number of hydrogen-bond donors (Lipinski definition) is 3. The smallest absolute Gasteiger partial charge is 0.307 e. The molecule has 10 heteroatoms. The minimum Gasteiger partial charge on any atom is -0.466 e. The van der Waals surface area contributed by atoms with Crippen LogP contribution in [0.3, 0.4) is 0 Å². The van der Waals surface area contributed by atoms with Gasteiger partial charge in [-0.05, 0) is 68.7 Å². The van der Waals surface area contributed by atoms with Crippen LogP contribution in [0.1, 0.15) is 45.7 Å². The highest BCUT2D eigenvalue weighted by Crippen LogP contribution is 2.26. The molecule has 0 radical (unpaired) electrons. The maximum atomic E-state index is 13.4. The van der Waals surface area contributed by atoms with Crippen LogP contribution in [-0.2, 0) is 30.0 Å². The Kier molecular flexibility index (Phi) is 16.6. The van der Waals surface area contributed by atoms with Crippen molar-refractivity contribution in [2.45, 2.75) is 51.3 Å². The predicted molar refractivity (Wildman–Crippen MR) is 175 cm³/mol. The molecular formula is C33H44N4O5S. The standard InChI is InChI=1S/C30H38N4O5S.C3H6/c1-4-37-28(35)20-27(22-12-8-7-9-13-22)34-40(36)26-17-11-15-24(19-26)23-14-10-16-25(18-23)33-30(31)32-21-29(38-5-2)39-6-3;1-3-2/h7-19,27,29,34H,4-6,20-21H2,1-3H3,(H3,31,32,33);3H,1H2,2H3. The summed E-state index contributed by atoms with van der Waals surface area (Å²) in [4.78, 5) is 17.1. The van der Waals surface area contributed by atoms with Crippen LogP contribution in [0, 0.1) is 0 Å². The number of esters is 1. The summed E-state index contributed by atoms with van der Waals surface area (Å²) < 4.78 is 32.6. The van der Waals surface area contributed by atoms with E-state index < -0.39 is 23.3 Å².